The van der Waals surface area contributed by atoms with Crippen molar-refractivity contribution in [2.75, 3.05) is 0 Å². The van der Waals surface area contributed by atoms with E-state index >= 15 is 0 Å². The summed E-state index contributed by atoms with van der Waals surface area (Å²) in [4.78, 5) is 0. The molecule has 1 aliphatic rings. The van der Waals surface area contributed by atoms with Gasteiger partial charge in [-0.2, -0.15) is 0 Å². The van der Waals surface area contributed by atoms with Crippen LogP contribution in [0.2, 0.25) is 13.1 Å². The summed E-state index contributed by atoms with van der Waals surface area (Å²) in [7, 11) is 0. The van der Waals surface area contributed by atoms with Gasteiger partial charge < -0.3 is 24.8 Å². The van der Waals surface area contributed by atoms with Crippen molar-refractivity contribution in [3.05, 3.63) is 21.1 Å². The van der Waals surface area contributed by atoms with Crippen LogP contribution >= 0.6 is 0 Å². The first-order chi connectivity index (χ1) is 7.20. The minimum atomic E-state index is -1.15. The molecule has 1 N–H and O–H groups in total. The molecule has 0 heterocycles. The van der Waals surface area contributed by atoms with E-state index in [9.17, 15) is 0 Å². The molecule has 0 bridgehead atoms. The molecule has 5 heteroatoms. The Bertz CT molecular complexity index is 332. The Morgan fingerprint density at radius 3 is 1.94 bits per heavy atom. The van der Waals surface area contributed by atoms with Crippen molar-refractivity contribution in [3.63, 3.8) is 0 Å². The molecule has 0 unspecified atom stereocenters. The van der Waals surface area contributed by atoms with Crippen LogP contribution < -0.4 is 28.6 Å². The summed E-state index contributed by atoms with van der Waals surface area (Å²) in [6, 6.07) is 0. The van der Waals surface area contributed by atoms with Crippen molar-refractivity contribution in [1.82, 2.24) is 3.80 Å². The van der Waals surface area contributed by atoms with Crippen LogP contribution in [0, 0.1) is 0 Å². The summed E-state index contributed by atoms with van der Waals surface area (Å²) in [6.07, 6.45) is 3.74. The molecule has 1 rings (SSSR count). The van der Waals surface area contributed by atoms with Crippen molar-refractivity contribution in [2.24, 2.45) is 0 Å². The van der Waals surface area contributed by atoms with Crippen LogP contribution in [0.4, 0.5) is 0 Å². The molecule has 0 aromatic carbocycles. The first-order valence-corrected chi connectivity index (χ1v) is 13.4. The van der Waals surface area contributed by atoms with Crippen molar-refractivity contribution >= 4 is 6.66 Å². The number of hydrogen-bond donors (Lipinski definition) is 1. The van der Waals surface area contributed by atoms with E-state index in [1.807, 2.05) is 0 Å². The van der Waals surface area contributed by atoms with Crippen molar-refractivity contribution < 1.29 is 42.2 Å². The molecule has 0 fully saturated rings. The van der Waals surface area contributed by atoms with Gasteiger partial charge in [-0.05, 0) is 0 Å². The van der Waals surface area contributed by atoms with Gasteiger partial charge in [0.15, 0.2) is 0 Å². The van der Waals surface area contributed by atoms with Crippen molar-refractivity contribution in [1.29, 1.82) is 0 Å². The normalized spacial score (nSPS) is 15.2. The van der Waals surface area contributed by atoms with Crippen molar-refractivity contribution in [2.45, 2.75) is 59.7 Å². The van der Waals surface area contributed by atoms with Gasteiger partial charge in [-0.1, -0.05) is 0 Å². The minimum Gasteiger partial charge on any atom is -1.00 e. The van der Waals surface area contributed by atoms with E-state index in [0.29, 0.717) is 0 Å². The molecule has 0 amide bonds. The topological polar surface area (TPSA) is 12.0 Å². The molecule has 0 aromatic heterocycles. The fourth-order valence-electron chi connectivity index (χ4n) is 2.03. The van der Waals surface area contributed by atoms with Gasteiger partial charge in [0.2, 0.25) is 0 Å². The molecule has 0 aliphatic heterocycles. The van der Waals surface area contributed by atoms with E-state index in [1.54, 1.807) is 9.45 Å². The first-order valence-electron chi connectivity index (χ1n) is 6.23. The second-order valence-corrected chi connectivity index (χ2v) is 19.0. The van der Waals surface area contributed by atoms with Gasteiger partial charge in [-0.3, -0.25) is 0 Å². The Balaban J connectivity index is 0. The fourth-order valence-corrected chi connectivity index (χ4v) is 13.2. The Morgan fingerprint density at radius 2 is 1.67 bits per heavy atom. The summed E-state index contributed by atoms with van der Waals surface area (Å²) in [5.41, 5.74) is 3.40. The SMILES string of the molecule is CC1=C(C)C[C]([Ti+2]([NH]C(C)(C)C)[SiH](C)C)=C1.[Cl-].[Cl-]. The van der Waals surface area contributed by atoms with Gasteiger partial charge in [0.25, 0.3) is 0 Å². The molecular weight excluding hydrogens is 317 g/mol. The average Bonchev–Trinajstić information content (AvgIpc) is 2.41. The summed E-state index contributed by atoms with van der Waals surface area (Å²) >= 11 is -1.15. The molecule has 0 saturated heterocycles. The van der Waals surface area contributed by atoms with Crippen LogP contribution in [0.25, 0.3) is 0 Å². The van der Waals surface area contributed by atoms with Gasteiger partial charge in [-0.25, -0.2) is 0 Å². The number of rotatable bonds is 3. The van der Waals surface area contributed by atoms with Crippen LogP contribution in [-0.4, -0.2) is 12.2 Å². The van der Waals surface area contributed by atoms with Gasteiger partial charge >= 0.3 is 109 Å². The average molecular weight is 343 g/mol. The Kier molecular flexibility index (Phi) is 9.78. The maximum atomic E-state index is 3.97. The van der Waals surface area contributed by atoms with E-state index < -0.39 is 24.0 Å². The quantitative estimate of drug-likeness (QED) is 0.560. The zero-order valence-electron chi connectivity index (χ0n) is 12.6. The second kappa shape index (κ2) is 8.29. The molecule has 1 nitrogen and oxygen atoms in total. The predicted molar refractivity (Wildman–Crippen MR) is 72.8 cm³/mol. The number of allylic oxidation sites excluding steroid dienone is 4. The predicted octanol–water partition coefficient (Wildman–Crippen LogP) is -2.48. The van der Waals surface area contributed by atoms with E-state index in [2.05, 4.69) is 57.6 Å². The van der Waals surface area contributed by atoms with Gasteiger partial charge in [0.05, 0.1) is 0 Å². The zero-order valence-corrected chi connectivity index (χ0v) is 16.8. The maximum absolute atomic E-state index is 3.97. The van der Waals surface area contributed by atoms with Gasteiger partial charge in [0, 0.05) is 0 Å². The van der Waals surface area contributed by atoms with Crippen LogP contribution in [0.5, 0.6) is 0 Å². The second-order valence-electron chi connectivity index (χ2n) is 6.25. The zero-order chi connectivity index (χ0) is 12.5. The summed E-state index contributed by atoms with van der Waals surface area (Å²) in [6.45, 7) is 16.0. The number of halogens is 2. The third kappa shape index (κ3) is 6.40. The standard InChI is InChI=1S/C7H9.C4H10N.C2H7Si.2ClH.Ti/c1-6-4-3-5-7(6)2;1-4(2,3)5;1-3-2;;;/h4H,5H2,1-2H3;5H,1-3H3;3H,1-2H3;2*1H;/q;-1;;;;+3/p-2. The first kappa shape index (κ1) is 21.3. The minimum absolute atomic E-state index is 0. The molecule has 0 radical (unpaired) electrons. The van der Waals surface area contributed by atoms with Crippen LogP contribution in [0.3, 0.4) is 0 Å². The number of nitrogens with one attached hydrogen (secondary N) is 1. The number of hydrogen-bond acceptors (Lipinski definition) is 1. The molecule has 18 heavy (non-hydrogen) atoms. The van der Waals surface area contributed by atoms with Crippen LogP contribution in [-0.2, 0) is 17.4 Å². The molecular formula is C13H26Cl2NSiTi. The Hall–Kier alpha value is 0.951. The maximum Gasteiger partial charge on any atom is -1.00 e. The van der Waals surface area contributed by atoms with E-state index in [0.717, 1.165) is 0 Å². The van der Waals surface area contributed by atoms with Gasteiger partial charge in [0.1, 0.15) is 0 Å². The molecule has 0 saturated carbocycles. The monoisotopic (exact) mass is 342 g/mol. The van der Waals surface area contributed by atoms with Crippen LogP contribution in [0.15, 0.2) is 21.1 Å². The molecule has 105 valence electrons. The van der Waals surface area contributed by atoms with Gasteiger partial charge in [-0.15, -0.1) is 0 Å². The van der Waals surface area contributed by atoms with E-state index in [1.165, 1.54) is 12.0 Å². The van der Waals surface area contributed by atoms with E-state index in [4.69, 9.17) is 0 Å². The Morgan fingerprint density at radius 1 is 1.17 bits per heavy atom. The third-order valence-electron chi connectivity index (χ3n) is 2.95. The van der Waals surface area contributed by atoms with E-state index in [-0.39, 0.29) is 30.4 Å². The van der Waals surface area contributed by atoms with Crippen LogP contribution in [0.1, 0.15) is 41.0 Å². The summed E-state index contributed by atoms with van der Waals surface area (Å²) in [5.74, 6) is 0. The summed E-state index contributed by atoms with van der Waals surface area (Å²) < 4.78 is 5.76. The molecule has 1 aliphatic carbocycles. The third-order valence-corrected chi connectivity index (χ3v) is 14.8. The summed E-state index contributed by atoms with van der Waals surface area (Å²) in [5, 5.41) is 0. The van der Waals surface area contributed by atoms with Crippen molar-refractivity contribution in [3.8, 4) is 0 Å². The molecule has 0 aromatic rings. The largest absolute Gasteiger partial charge is 1.00 e. The fraction of sp³-hybridized carbons (Fsp3) is 0.692. The smallest absolute Gasteiger partial charge is 1.00 e. The molecule has 0 atom stereocenters. The molecule has 0 spiro atoms. The Labute approximate surface area is 133 Å².